The Morgan fingerprint density at radius 1 is 1.33 bits per heavy atom. The van der Waals surface area contributed by atoms with E-state index in [1.165, 1.54) is 4.90 Å². The van der Waals surface area contributed by atoms with E-state index in [4.69, 9.17) is 16.3 Å². The first-order chi connectivity index (χ1) is 11.0. The molecule has 0 aromatic heterocycles. The second-order valence-electron chi connectivity index (χ2n) is 6.88. The molecule has 0 spiro atoms. The highest BCUT2D eigenvalue weighted by atomic mass is 35.5. The fourth-order valence-electron chi connectivity index (χ4n) is 2.58. The second-order valence-corrected chi connectivity index (χ2v) is 7.31. The van der Waals surface area contributed by atoms with E-state index < -0.39 is 23.6 Å². The van der Waals surface area contributed by atoms with Crippen LogP contribution < -0.4 is 0 Å². The van der Waals surface area contributed by atoms with Crippen LogP contribution in [-0.4, -0.2) is 41.3 Å². The lowest BCUT2D eigenvalue weighted by molar-refractivity contribution is -0.143. The molecule has 0 heterocycles. The highest BCUT2D eigenvalue weighted by Gasteiger charge is 2.32. The Labute approximate surface area is 148 Å². The van der Waals surface area contributed by atoms with Crippen LogP contribution in [-0.2, 0) is 9.53 Å². The van der Waals surface area contributed by atoms with Gasteiger partial charge in [-0.15, -0.1) is 0 Å². The molecule has 1 aromatic rings. The third kappa shape index (κ3) is 6.04. The van der Waals surface area contributed by atoms with Gasteiger partial charge in [0.1, 0.15) is 5.60 Å². The molecule has 0 saturated carbocycles. The van der Waals surface area contributed by atoms with E-state index in [0.717, 1.165) is 5.56 Å². The monoisotopic (exact) mass is 355 g/mol. The molecule has 0 radical (unpaired) electrons. The predicted molar refractivity (Wildman–Crippen MR) is 94.5 cm³/mol. The maximum absolute atomic E-state index is 12.1. The first-order valence-electron chi connectivity index (χ1n) is 7.97. The summed E-state index contributed by atoms with van der Waals surface area (Å²) in [5.41, 5.74) is 0.233. The van der Waals surface area contributed by atoms with E-state index in [0.29, 0.717) is 11.4 Å². The number of aliphatic carboxylic acids is 1. The number of ether oxygens (including phenoxy) is 1. The number of rotatable bonds is 6. The Bertz CT molecular complexity index is 583. The molecule has 5 nitrogen and oxygen atoms in total. The second kappa shape index (κ2) is 8.38. The number of halogens is 1. The molecule has 0 saturated heterocycles. The van der Waals surface area contributed by atoms with Gasteiger partial charge in [-0.3, -0.25) is 4.79 Å². The molecule has 1 aromatic carbocycles. The fraction of sp³-hybridized carbons (Fsp3) is 0.556. The fourth-order valence-corrected chi connectivity index (χ4v) is 2.78. The van der Waals surface area contributed by atoms with Crippen molar-refractivity contribution in [2.24, 2.45) is 5.92 Å². The third-order valence-corrected chi connectivity index (χ3v) is 3.93. The Morgan fingerprint density at radius 3 is 2.42 bits per heavy atom. The largest absolute Gasteiger partial charge is 0.481 e. The number of carboxylic acid groups (broad SMARTS) is 1. The van der Waals surface area contributed by atoms with Crippen LogP contribution in [0.3, 0.4) is 0 Å². The van der Waals surface area contributed by atoms with Crippen molar-refractivity contribution in [3.63, 3.8) is 0 Å². The molecule has 0 aliphatic heterocycles. The molecule has 2 atom stereocenters. The maximum atomic E-state index is 12.1. The Morgan fingerprint density at radius 2 is 1.96 bits per heavy atom. The molecule has 0 unspecified atom stereocenters. The molecule has 0 bridgehead atoms. The van der Waals surface area contributed by atoms with Gasteiger partial charge in [-0.25, -0.2) is 4.79 Å². The molecule has 1 rings (SSSR count). The molecular weight excluding hydrogens is 330 g/mol. The van der Waals surface area contributed by atoms with Gasteiger partial charge in [-0.2, -0.15) is 0 Å². The number of carbonyl (C=O) groups excluding carboxylic acids is 1. The Kier molecular flexibility index (Phi) is 7.08. The zero-order chi connectivity index (χ0) is 18.5. The number of carboxylic acids is 1. The average Bonchev–Trinajstić information content (AvgIpc) is 2.44. The van der Waals surface area contributed by atoms with Crippen molar-refractivity contribution < 1.29 is 19.4 Å². The smallest absolute Gasteiger partial charge is 0.410 e. The van der Waals surface area contributed by atoms with Gasteiger partial charge in [-0.05, 0) is 50.8 Å². The number of benzene rings is 1. The summed E-state index contributed by atoms with van der Waals surface area (Å²) in [6, 6.07) is 7.19. The highest BCUT2D eigenvalue weighted by molar-refractivity contribution is 6.30. The third-order valence-electron chi connectivity index (χ3n) is 3.70. The van der Waals surface area contributed by atoms with E-state index in [2.05, 4.69) is 0 Å². The molecule has 6 heteroatoms. The van der Waals surface area contributed by atoms with Gasteiger partial charge in [0, 0.05) is 18.6 Å². The minimum absolute atomic E-state index is 0.0647. The molecular formula is C18H26ClNO4. The van der Waals surface area contributed by atoms with E-state index in [1.807, 2.05) is 13.0 Å². The van der Waals surface area contributed by atoms with Crippen LogP contribution in [0.15, 0.2) is 24.3 Å². The van der Waals surface area contributed by atoms with Crippen molar-refractivity contribution in [2.45, 2.75) is 45.6 Å². The molecule has 1 amide bonds. The van der Waals surface area contributed by atoms with E-state index >= 15 is 0 Å². The van der Waals surface area contributed by atoms with Crippen LogP contribution in [0.1, 0.15) is 45.6 Å². The summed E-state index contributed by atoms with van der Waals surface area (Å²) < 4.78 is 5.29. The summed E-state index contributed by atoms with van der Waals surface area (Å²) in [5, 5.41) is 10.2. The lowest BCUT2D eigenvalue weighted by Gasteiger charge is -2.29. The van der Waals surface area contributed by atoms with Gasteiger partial charge in [0.05, 0.1) is 5.92 Å². The van der Waals surface area contributed by atoms with E-state index in [9.17, 15) is 14.7 Å². The summed E-state index contributed by atoms with van der Waals surface area (Å²) in [7, 11) is 1.55. The van der Waals surface area contributed by atoms with Crippen molar-refractivity contribution in [3.8, 4) is 0 Å². The van der Waals surface area contributed by atoms with Crippen LogP contribution in [0.4, 0.5) is 4.79 Å². The topological polar surface area (TPSA) is 66.8 Å². The zero-order valence-corrected chi connectivity index (χ0v) is 15.6. The van der Waals surface area contributed by atoms with Crippen LogP contribution in [0.25, 0.3) is 0 Å². The lowest BCUT2D eigenvalue weighted by atomic mass is 9.83. The van der Waals surface area contributed by atoms with Gasteiger partial charge in [0.25, 0.3) is 0 Å². The molecule has 134 valence electrons. The van der Waals surface area contributed by atoms with Gasteiger partial charge >= 0.3 is 12.1 Å². The van der Waals surface area contributed by atoms with Gasteiger partial charge in [0.2, 0.25) is 0 Å². The van der Waals surface area contributed by atoms with Gasteiger partial charge in [0.15, 0.2) is 0 Å². The number of hydrogen-bond donors (Lipinski definition) is 1. The van der Waals surface area contributed by atoms with Crippen LogP contribution in [0, 0.1) is 5.92 Å². The SMILES string of the molecule is CC[C@@H](c1cccc(Cl)c1)[C@@H](CN(C)C(=O)OC(C)(C)C)C(=O)O. The summed E-state index contributed by atoms with van der Waals surface area (Å²) in [5.74, 6) is -1.94. The molecule has 1 N–H and O–H groups in total. The van der Waals surface area contributed by atoms with Crippen molar-refractivity contribution >= 4 is 23.7 Å². The minimum Gasteiger partial charge on any atom is -0.481 e. The van der Waals surface area contributed by atoms with Crippen LogP contribution >= 0.6 is 11.6 Å². The Hall–Kier alpha value is -1.75. The van der Waals surface area contributed by atoms with Crippen molar-refractivity contribution in [3.05, 3.63) is 34.9 Å². The summed E-state index contributed by atoms with van der Waals surface area (Å²) in [4.78, 5) is 25.2. The van der Waals surface area contributed by atoms with Crippen LogP contribution in [0.5, 0.6) is 0 Å². The lowest BCUT2D eigenvalue weighted by Crippen LogP contribution is -2.40. The number of amides is 1. The van der Waals surface area contributed by atoms with Crippen molar-refractivity contribution in [1.82, 2.24) is 4.90 Å². The summed E-state index contributed by atoms with van der Waals surface area (Å²) in [6.45, 7) is 7.31. The zero-order valence-electron chi connectivity index (χ0n) is 14.9. The molecule has 0 fully saturated rings. The number of carbonyl (C=O) groups is 2. The predicted octanol–water partition coefficient (Wildman–Crippen LogP) is 4.40. The number of nitrogens with zero attached hydrogens (tertiary/aromatic N) is 1. The van der Waals surface area contributed by atoms with Gasteiger partial charge < -0.3 is 14.7 Å². The van der Waals surface area contributed by atoms with E-state index in [1.54, 1.807) is 46.0 Å². The van der Waals surface area contributed by atoms with E-state index in [-0.39, 0.29) is 12.5 Å². The first-order valence-corrected chi connectivity index (χ1v) is 8.35. The number of hydrogen-bond acceptors (Lipinski definition) is 3. The quantitative estimate of drug-likeness (QED) is 0.821. The van der Waals surface area contributed by atoms with Crippen LogP contribution in [0.2, 0.25) is 5.02 Å². The normalized spacial score (nSPS) is 13.9. The average molecular weight is 356 g/mol. The molecule has 0 aliphatic rings. The first kappa shape index (κ1) is 20.3. The summed E-state index contributed by atoms with van der Waals surface area (Å²) in [6.07, 6.45) is 0.0918. The van der Waals surface area contributed by atoms with Crippen molar-refractivity contribution in [2.75, 3.05) is 13.6 Å². The Balaban J connectivity index is 2.96. The maximum Gasteiger partial charge on any atom is 0.410 e. The molecule has 24 heavy (non-hydrogen) atoms. The minimum atomic E-state index is -0.947. The van der Waals surface area contributed by atoms with Gasteiger partial charge in [-0.1, -0.05) is 30.7 Å². The summed E-state index contributed by atoms with van der Waals surface area (Å²) >= 11 is 6.03. The standard InChI is InChI=1S/C18H26ClNO4/c1-6-14(12-8-7-9-13(19)10-12)15(16(21)22)11-20(5)17(23)24-18(2,3)4/h7-10,14-15H,6,11H2,1-5H3,(H,21,22)/t14-,15+/m0/s1. The van der Waals surface area contributed by atoms with Crippen molar-refractivity contribution in [1.29, 1.82) is 0 Å². The molecule has 0 aliphatic carbocycles. The highest BCUT2D eigenvalue weighted by Crippen LogP contribution is 2.31.